The molecule has 0 aliphatic carbocycles. The monoisotopic (exact) mass is 290 g/mol. The predicted molar refractivity (Wildman–Crippen MR) is 69.7 cm³/mol. The number of nitrogens with zero attached hydrogens (tertiary/aromatic N) is 1. The minimum atomic E-state index is -4.43. The first-order chi connectivity index (χ1) is 9.28. The number of carbonyl (C=O) groups excluding carboxylic acids is 1. The second kappa shape index (κ2) is 6.49. The molecule has 20 heavy (non-hydrogen) atoms. The normalized spacial score (nSPS) is 11.2. The van der Waals surface area contributed by atoms with E-state index in [1.165, 1.54) is 18.2 Å². The molecule has 0 unspecified atom stereocenters. The molecule has 0 heterocycles. The zero-order valence-corrected chi connectivity index (χ0v) is 11.3. The van der Waals surface area contributed by atoms with Crippen LogP contribution < -0.4 is 10.5 Å². The first-order valence-electron chi connectivity index (χ1n) is 6.16. The summed E-state index contributed by atoms with van der Waals surface area (Å²) in [5, 5.41) is 0. The Kier molecular flexibility index (Phi) is 5.24. The van der Waals surface area contributed by atoms with E-state index in [0.29, 0.717) is 18.7 Å². The lowest BCUT2D eigenvalue weighted by molar-refractivity contribution is -0.153. The summed E-state index contributed by atoms with van der Waals surface area (Å²) in [4.78, 5) is 13.6. The van der Waals surface area contributed by atoms with Crippen molar-refractivity contribution in [2.45, 2.75) is 20.0 Å². The van der Waals surface area contributed by atoms with E-state index in [4.69, 9.17) is 5.73 Å². The molecular formula is C13H17F3N2O2. The maximum absolute atomic E-state index is 12.1. The van der Waals surface area contributed by atoms with E-state index < -0.39 is 12.8 Å². The molecule has 0 atom stereocenters. The second-order valence-corrected chi connectivity index (χ2v) is 4.13. The Bertz CT molecular complexity index is 471. The number of benzene rings is 1. The average Bonchev–Trinajstić information content (AvgIpc) is 2.37. The van der Waals surface area contributed by atoms with Gasteiger partial charge >= 0.3 is 6.18 Å². The molecule has 0 bridgehead atoms. The van der Waals surface area contributed by atoms with Gasteiger partial charge in [0.05, 0.1) is 5.69 Å². The Labute approximate surface area is 115 Å². The van der Waals surface area contributed by atoms with Crippen molar-refractivity contribution in [1.82, 2.24) is 4.90 Å². The van der Waals surface area contributed by atoms with Gasteiger partial charge in [0.2, 0.25) is 0 Å². The summed E-state index contributed by atoms with van der Waals surface area (Å²) in [6.07, 6.45) is -4.43. The molecule has 0 aliphatic heterocycles. The summed E-state index contributed by atoms with van der Waals surface area (Å²) in [5.41, 5.74) is 5.94. The Morgan fingerprint density at radius 3 is 2.35 bits per heavy atom. The van der Waals surface area contributed by atoms with Gasteiger partial charge in [-0.05, 0) is 32.0 Å². The van der Waals surface area contributed by atoms with Gasteiger partial charge in [-0.25, -0.2) is 0 Å². The van der Waals surface area contributed by atoms with Gasteiger partial charge in [0, 0.05) is 18.7 Å². The zero-order chi connectivity index (χ0) is 15.3. The van der Waals surface area contributed by atoms with Gasteiger partial charge in [0.15, 0.2) is 6.61 Å². The van der Waals surface area contributed by atoms with Crippen LogP contribution in [0.25, 0.3) is 0 Å². The topological polar surface area (TPSA) is 55.6 Å². The third kappa shape index (κ3) is 4.32. The van der Waals surface area contributed by atoms with Crippen molar-refractivity contribution in [2.24, 2.45) is 0 Å². The van der Waals surface area contributed by atoms with Crippen LogP contribution in [-0.4, -0.2) is 36.7 Å². The van der Waals surface area contributed by atoms with Crippen LogP contribution in [0, 0.1) is 0 Å². The number of hydrogen-bond donors (Lipinski definition) is 1. The van der Waals surface area contributed by atoms with Gasteiger partial charge < -0.3 is 15.4 Å². The highest BCUT2D eigenvalue weighted by Gasteiger charge is 2.28. The molecule has 2 N–H and O–H groups in total. The van der Waals surface area contributed by atoms with E-state index in [9.17, 15) is 18.0 Å². The van der Waals surface area contributed by atoms with Gasteiger partial charge in [-0.15, -0.1) is 0 Å². The van der Waals surface area contributed by atoms with Gasteiger partial charge in [-0.3, -0.25) is 4.79 Å². The van der Waals surface area contributed by atoms with Crippen LogP contribution in [0.2, 0.25) is 0 Å². The van der Waals surface area contributed by atoms with E-state index in [-0.39, 0.29) is 17.3 Å². The van der Waals surface area contributed by atoms with Gasteiger partial charge in [-0.2, -0.15) is 13.2 Å². The smallest absolute Gasteiger partial charge is 0.422 e. The van der Waals surface area contributed by atoms with Gasteiger partial charge in [0.25, 0.3) is 5.91 Å². The zero-order valence-electron chi connectivity index (χ0n) is 11.3. The van der Waals surface area contributed by atoms with E-state index in [1.807, 2.05) is 13.8 Å². The molecule has 0 saturated carbocycles. The van der Waals surface area contributed by atoms with Crippen LogP contribution in [-0.2, 0) is 0 Å². The minimum absolute atomic E-state index is 0.00672. The highest BCUT2D eigenvalue weighted by molar-refractivity contribution is 5.95. The number of nitrogens with two attached hydrogens (primary N) is 1. The summed E-state index contributed by atoms with van der Waals surface area (Å²) >= 11 is 0. The lowest BCUT2D eigenvalue weighted by Crippen LogP contribution is -2.30. The first-order valence-corrected chi connectivity index (χ1v) is 6.16. The molecule has 0 fully saturated rings. The summed E-state index contributed by atoms with van der Waals surface area (Å²) < 4.78 is 40.7. The van der Waals surface area contributed by atoms with Crippen LogP contribution in [0.4, 0.5) is 18.9 Å². The standard InChI is InChI=1S/C13H17F3N2O2/c1-3-18(4-2)12(19)9-5-6-11(10(17)7-9)20-8-13(14,15)16/h5-7H,3-4,8,17H2,1-2H3. The summed E-state index contributed by atoms with van der Waals surface area (Å²) in [7, 11) is 0. The van der Waals surface area contributed by atoms with Crippen LogP contribution >= 0.6 is 0 Å². The SMILES string of the molecule is CCN(CC)C(=O)c1ccc(OCC(F)(F)F)c(N)c1. The quantitative estimate of drug-likeness (QED) is 0.848. The number of alkyl halides is 3. The fraction of sp³-hybridized carbons (Fsp3) is 0.462. The molecule has 0 aliphatic rings. The highest BCUT2D eigenvalue weighted by Crippen LogP contribution is 2.25. The molecule has 1 amide bonds. The number of nitrogen functional groups attached to an aromatic ring is 1. The van der Waals surface area contributed by atoms with Crippen LogP contribution in [0.15, 0.2) is 18.2 Å². The van der Waals surface area contributed by atoms with E-state index in [1.54, 1.807) is 4.90 Å². The van der Waals surface area contributed by atoms with Crippen LogP contribution in [0.5, 0.6) is 5.75 Å². The molecule has 1 rings (SSSR count). The molecule has 1 aromatic rings. The highest BCUT2D eigenvalue weighted by atomic mass is 19.4. The Hall–Kier alpha value is -1.92. The lowest BCUT2D eigenvalue weighted by Gasteiger charge is -2.19. The van der Waals surface area contributed by atoms with Gasteiger partial charge in [0.1, 0.15) is 5.75 Å². The number of rotatable bonds is 5. The fourth-order valence-electron chi connectivity index (χ4n) is 1.67. The maximum Gasteiger partial charge on any atom is 0.422 e. The number of anilines is 1. The molecule has 112 valence electrons. The predicted octanol–water partition coefficient (Wildman–Crippen LogP) is 2.69. The number of ether oxygens (including phenoxy) is 1. The number of carbonyl (C=O) groups is 1. The van der Waals surface area contributed by atoms with E-state index in [0.717, 1.165) is 0 Å². The molecule has 0 spiro atoms. The van der Waals surface area contributed by atoms with Crippen molar-refractivity contribution in [3.63, 3.8) is 0 Å². The Balaban J connectivity index is 2.85. The van der Waals surface area contributed by atoms with E-state index >= 15 is 0 Å². The molecule has 1 aromatic carbocycles. The minimum Gasteiger partial charge on any atom is -0.482 e. The summed E-state index contributed by atoms with van der Waals surface area (Å²) in [6.45, 7) is 3.35. The van der Waals surface area contributed by atoms with Crippen molar-refractivity contribution in [2.75, 3.05) is 25.4 Å². The van der Waals surface area contributed by atoms with Crippen LogP contribution in [0.3, 0.4) is 0 Å². The Morgan fingerprint density at radius 2 is 1.90 bits per heavy atom. The average molecular weight is 290 g/mol. The fourth-order valence-corrected chi connectivity index (χ4v) is 1.67. The number of halogens is 3. The molecule has 0 aromatic heterocycles. The molecule has 0 saturated heterocycles. The lowest BCUT2D eigenvalue weighted by atomic mass is 10.1. The van der Waals surface area contributed by atoms with E-state index in [2.05, 4.69) is 4.74 Å². The van der Waals surface area contributed by atoms with Crippen LogP contribution in [0.1, 0.15) is 24.2 Å². The van der Waals surface area contributed by atoms with Gasteiger partial charge in [-0.1, -0.05) is 0 Å². The van der Waals surface area contributed by atoms with Crippen molar-refractivity contribution < 1.29 is 22.7 Å². The van der Waals surface area contributed by atoms with Crippen molar-refractivity contribution in [1.29, 1.82) is 0 Å². The molecular weight excluding hydrogens is 273 g/mol. The Morgan fingerprint density at radius 1 is 1.30 bits per heavy atom. The van der Waals surface area contributed by atoms with Crippen molar-refractivity contribution in [3.8, 4) is 5.75 Å². The number of hydrogen-bond acceptors (Lipinski definition) is 3. The van der Waals surface area contributed by atoms with Crippen molar-refractivity contribution in [3.05, 3.63) is 23.8 Å². The summed E-state index contributed by atoms with van der Waals surface area (Å²) in [5.74, 6) is -0.303. The second-order valence-electron chi connectivity index (χ2n) is 4.13. The third-order valence-electron chi connectivity index (χ3n) is 2.70. The number of amides is 1. The molecule has 4 nitrogen and oxygen atoms in total. The third-order valence-corrected chi connectivity index (χ3v) is 2.70. The maximum atomic E-state index is 12.1. The van der Waals surface area contributed by atoms with Crippen molar-refractivity contribution >= 4 is 11.6 Å². The molecule has 7 heteroatoms. The summed E-state index contributed by atoms with van der Waals surface area (Å²) in [6, 6.07) is 4.01. The molecule has 0 radical (unpaired) electrons. The first kappa shape index (κ1) is 16.1. The largest absolute Gasteiger partial charge is 0.482 e.